The maximum atomic E-state index is 12.9. The fraction of sp³-hybridized carbons (Fsp3) is 0.423. The van der Waals surface area contributed by atoms with Gasteiger partial charge in [0, 0.05) is 17.8 Å². The van der Waals surface area contributed by atoms with Crippen molar-refractivity contribution in [2.45, 2.75) is 62.0 Å². The van der Waals surface area contributed by atoms with Gasteiger partial charge in [-0.25, -0.2) is 0 Å². The van der Waals surface area contributed by atoms with Gasteiger partial charge in [0.2, 0.25) is 0 Å². The number of methoxy groups -OCH3 is 1. The van der Waals surface area contributed by atoms with Crippen LogP contribution in [0.2, 0.25) is 0 Å². The van der Waals surface area contributed by atoms with Crippen molar-refractivity contribution in [1.82, 2.24) is 14.8 Å². The standard InChI is InChI=1S/C26H32N4O3S/c1-3-33-25(31)24(19-11-6-4-7-12-19)34-26-29-28-23(30(26)21-14-8-5-9-15-21)18-27-20-13-10-16-22(17-20)32-2/h4,6-7,10-13,16-17,21,24,27H,3,5,8-9,14-15,18H2,1-2H3. The highest BCUT2D eigenvalue weighted by Gasteiger charge is 2.29. The molecule has 1 N–H and O–H groups in total. The van der Waals surface area contributed by atoms with E-state index in [0.29, 0.717) is 19.2 Å². The lowest BCUT2D eigenvalue weighted by atomic mass is 9.95. The molecule has 0 radical (unpaired) electrons. The quantitative estimate of drug-likeness (QED) is 0.290. The van der Waals surface area contributed by atoms with Crippen molar-refractivity contribution in [3.63, 3.8) is 0 Å². The summed E-state index contributed by atoms with van der Waals surface area (Å²) in [5, 5.41) is 12.8. The molecule has 7 nitrogen and oxygen atoms in total. The molecule has 4 rings (SSSR count). The van der Waals surface area contributed by atoms with E-state index < -0.39 is 5.25 Å². The Morgan fingerprint density at radius 2 is 1.91 bits per heavy atom. The number of nitrogens with zero attached hydrogens (tertiary/aromatic N) is 3. The Kier molecular flexibility index (Phi) is 8.46. The van der Waals surface area contributed by atoms with Crippen molar-refractivity contribution < 1.29 is 14.3 Å². The Balaban J connectivity index is 1.61. The van der Waals surface area contributed by atoms with Gasteiger partial charge in [-0.05, 0) is 37.5 Å². The van der Waals surface area contributed by atoms with Crippen molar-refractivity contribution in [2.75, 3.05) is 19.0 Å². The zero-order valence-electron chi connectivity index (χ0n) is 19.8. The first-order valence-electron chi connectivity index (χ1n) is 11.9. The molecule has 0 spiro atoms. The van der Waals surface area contributed by atoms with Crippen molar-refractivity contribution in [3.8, 4) is 5.75 Å². The number of anilines is 1. The van der Waals surface area contributed by atoms with Gasteiger partial charge < -0.3 is 19.4 Å². The van der Waals surface area contributed by atoms with Gasteiger partial charge in [0.1, 0.15) is 11.0 Å². The summed E-state index contributed by atoms with van der Waals surface area (Å²) < 4.78 is 13.0. The maximum Gasteiger partial charge on any atom is 0.324 e. The number of rotatable bonds is 10. The molecule has 1 unspecified atom stereocenters. The minimum absolute atomic E-state index is 0.257. The molecular weight excluding hydrogens is 448 g/mol. The van der Waals surface area contributed by atoms with Gasteiger partial charge in [-0.1, -0.05) is 67.4 Å². The molecule has 1 saturated carbocycles. The Bertz CT molecular complexity index is 1070. The Morgan fingerprint density at radius 3 is 2.65 bits per heavy atom. The van der Waals surface area contributed by atoms with Crippen LogP contribution >= 0.6 is 11.8 Å². The number of carbonyl (C=O) groups is 1. The average molecular weight is 481 g/mol. The van der Waals surface area contributed by atoms with E-state index >= 15 is 0 Å². The van der Waals surface area contributed by atoms with E-state index in [0.717, 1.165) is 40.8 Å². The molecule has 2 aromatic carbocycles. The molecule has 1 aromatic heterocycles. The predicted molar refractivity (Wildman–Crippen MR) is 134 cm³/mol. The minimum Gasteiger partial charge on any atom is -0.497 e. The van der Waals surface area contributed by atoms with Crippen molar-refractivity contribution in [1.29, 1.82) is 0 Å². The average Bonchev–Trinajstić information content (AvgIpc) is 3.29. The Labute approximate surface area is 205 Å². The summed E-state index contributed by atoms with van der Waals surface area (Å²) in [5.41, 5.74) is 1.86. The number of thioether (sulfide) groups is 1. The van der Waals surface area contributed by atoms with Gasteiger partial charge in [-0.3, -0.25) is 4.79 Å². The maximum absolute atomic E-state index is 12.9. The van der Waals surface area contributed by atoms with Gasteiger partial charge >= 0.3 is 5.97 Å². The fourth-order valence-corrected chi connectivity index (χ4v) is 5.46. The summed E-state index contributed by atoms with van der Waals surface area (Å²) in [5.74, 6) is 1.41. The second-order valence-electron chi connectivity index (χ2n) is 8.31. The molecule has 180 valence electrons. The lowest BCUT2D eigenvalue weighted by Gasteiger charge is -2.26. The summed E-state index contributed by atoms with van der Waals surface area (Å²) in [6, 6.07) is 17.9. The van der Waals surface area contributed by atoms with Crippen LogP contribution in [0.4, 0.5) is 5.69 Å². The third-order valence-electron chi connectivity index (χ3n) is 6.02. The molecule has 0 amide bonds. The molecule has 0 bridgehead atoms. The van der Waals surface area contributed by atoms with Crippen molar-refractivity contribution in [2.24, 2.45) is 0 Å². The number of benzene rings is 2. The number of ether oxygens (including phenoxy) is 2. The number of esters is 1. The SMILES string of the molecule is CCOC(=O)C(Sc1nnc(CNc2cccc(OC)c2)n1C1CCCCC1)c1ccccc1. The summed E-state index contributed by atoms with van der Waals surface area (Å²) in [7, 11) is 1.66. The van der Waals surface area contributed by atoms with Crippen LogP contribution in [0.15, 0.2) is 59.8 Å². The van der Waals surface area contributed by atoms with E-state index in [1.165, 1.54) is 31.0 Å². The van der Waals surface area contributed by atoms with Gasteiger partial charge in [-0.2, -0.15) is 0 Å². The van der Waals surface area contributed by atoms with Gasteiger partial charge in [0.25, 0.3) is 0 Å². The van der Waals surface area contributed by atoms with Crippen LogP contribution in [-0.2, 0) is 16.1 Å². The van der Waals surface area contributed by atoms with Crippen LogP contribution in [0.25, 0.3) is 0 Å². The molecular formula is C26H32N4O3S. The molecule has 1 aliphatic carbocycles. The second kappa shape index (κ2) is 11.9. The van der Waals surface area contributed by atoms with Crippen molar-refractivity contribution >= 4 is 23.4 Å². The van der Waals surface area contributed by atoms with E-state index in [4.69, 9.17) is 9.47 Å². The molecule has 1 aliphatic rings. The summed E-state index contributed by atoms with van der Waals surface area (Å²) in [6.45, 7) is 2.71. The zero-order valence-corrected chi connectivity index (χ0v) is 20.6. The van der Waals surface area contributed by atoms with E-state index in [1.807, 2.05) is 61.5 Å². The van der Waals surface area contributed by atoms with Crippen LogP contribution in [0, 0.1) is 0 Å². The van der Waals surface area contributed by atoms with E-state index in [1.54, 1.807) is 7.11 Å². The first-order valence-corrected chi connectivity index (χ1v) is 12.8. The topological polar surface area (TPSA) is 78.3 Å². The second-order valence-corrected chi connectivity index (χ2v) is 9.38. The van der Waals surface area contributed by atoms with E-state index in [-0.39, 0.29) is 5.97 Å². The highest BCUT2D eigenvalue weighted by Crippen LogP contribution is 2.39. The first kappa shape index (κ1) is 24.1. The smallest absolute Gasteiger partial charge is 0.324 e. The third kappa shape index (κ3) is 5.91. The molecule has 1 atom stereocenters. The zero-order chi connectivity index (χ0) is 23.8. The molecule has 0 aliphatic heterocycles. The van der Waals surface area contributed by atoms with Crippen LogP contribution in [0.1, 0.15) is 61.7 Å². The van der Waals surface area contributed by atoms with Crippen LogP contribution in [-0.4, -0.2) is 34.5 Å². The lowest BCUT2D eigenvalue weighted by Crippen LogP contribution is -2.19. The van der Waals surface area contributed by atoms with Gasteiger partial charge in [-0.15, -0.1) is 10.2 Å². The number of carbonyl (C=O) groups excluding carboxylic acids is 1. The molecule has 3 aromatic rings. The Hall–Kier alpha value is -3.00. The summed E-state index contributed by atoms with van der Waals surface area (Å²) >= 11 is 1.43. The van der Waals surface area contributed by atoms with Gasteiger partial charge in [0.05, 0.1) is 20.3 Å². The van der Waals surface area contributed by atoms with Crippen LogP contribution in [0.3, 0.4) is 0 Å². The van der Waals surface area contributed by atoms with E-state index in [2.05, 4.69) is 20.1 Å². The largest absolute Gasteiger partial charge is 0.497 e. The third-order valence-corrected chi connectivity index (χ3v) is 7.21. The predicted octanol–water partition coefficient (Wildman–Crippen LogP) is 5.80. The first-order chi connectivity index (χ1) is 16.7. The highest BCUT2D eigenvalue weighted by atomic mass is 32.2. The number of hydrogen-bond donors (Lipinski definition) is 1. The Morgan fingerprint density at radius 1 is 1.12 bits per heavy atom. The van der Waals surface area contributed by atoms with E-state index in [9.17, 15) is 4.79 Å². The monoisotopic (exact) mass is 480 g/mol. The van der Waals surface area contributed by atoms with Gasteiger partial charge in [0.15, 0.2) is 11.0 Å². The molecule has 0 saturated heterocycles. The summed E-state index contributed by atoms with van der Waals surface area (Å²) in [4.78, 5) is 12.9. The number of nitrogens with one attached hydrogen (secondary N) is 1. The summed E-state index contributed by atoms with van der Waals surface area (Å²) in [6.07, 6.45) is 5.82. The van der Waals surface area contributed by atoms with Crippen molar-refractivity contribution in [3.05, 3.63) is 66.0 Å². The molecule has 8 heteroatoms. The number of aromatic nitrogens is 3. The minimum atomic E-state index is -0.494. The lowest BCUT2D eigenvalue weighted by molar-refractivity contribution is -0.142. The van der Waals surface area contributed by atoms with Crippen LogP contribution in [0.5, 0.6) is 5.75 Å². The van der Waals surface area contributed by atoms with Crippen LogP contribution < -0.4 is 10.1 Å². The number of hydrogen-bond acceptors (Lipinski definition) is 7. The molecule has 34 heavy (non-hydrogen) atoms. The normalized spacial score (nSPS) is 15.0. The molecule has 1 heterocycles. The fourth-order valence-electron chi connectivity index (χ4n) is 4.33. The molecule has 1 fully saturated rings. The highest BCUT2D eigenvalue weighted by molar-refractivity contribution is 8.00.